The molecule has 7 nitrogen and oxygen atoms in total. The van der Waals surface area contributed by atoms with E-state index in [1.165, 1.54) is 52.1 Å². The topological polar surface area (TPSA) is 114 Å². The molecular formula is C33H59N3O4. The largest absolute Gasteiger partial charge is 0.467 e. The molecule has 40 heavy (non-hydrogen) atoms. The van der Waals surface area contributed by atoms with E-state index < -0.39 is 6.04 Å². The first-order valence-corrected chi connectivity index (χ1v) is 16.4. The van der Waals surface area contributed by atoms with Crippen molar-refractivity contribution in [3.05, 3.63) is 0 Å². The average Bonchev–Trinajstić information content (AvgIpc) is 3.27. The summed E-state index contributed by atoms with van der Waals surface area (Å²) in [6.07, 6.45) is 11.6. The van der Waals surface area contributed by atoms with Crippen LogP contribution < -0.4 is 16.4 Å². The van der Waals surface area contributed by atoms with Crippen LogP contribution in [0.25, 0.3) is 0 Å². The number of ether oxygens (including phenoxy) is 1. The van der Waals surface area contributed by atoms with Gasteiger partial charge in [0.2, 0.25) is 5.91 Å². The second-order valence-electron chi connectivity index (χ2n) is 14.9. The van der Waals surface area contributed by atoms with Gasteiger partial charge < -0.3 is 26.2 Å². The zero-order valence-electron chi connectivity index (χ0n) is 26.2. The third-order valence-electron chi connectivity index (χ3n) is 12.5. The number of nitrogens with one attached hydrogen (secondary N) is 2. The number of hydrogen-bond acceptors (Lipinski definition) is 6. The van der Waals surface area contributed by atoms with Crippen molar-refractivity contribution in [3.63, 3.8) is 0 Å². The summed E-state index contributed by atoms with van der Waals surface area (Å²) in [7, 11) is 1.37. The Kier molecular flexibility index (Phi) is 10.3. The first kappa shape index (κ1) is 31.7. The Bertz CT molecular complexity index is 882. The van der Waals surface area contributed by atoms with E-state index in [9.17, 15) is 14.7 Å². The van der Waals surface area contributed by atoms with Gasteiger partial charge in [0.1, 0.15) is 6.04 Å². The summed E-state index contributed by atoms with van der Waals surface area (Å²) in [4.78, 5) is 24.9. The maximum Gasteiger partial charge on any atom is 0.328 e. The highest BCUT2D eigenvalue weighted by Gasteiger charge is 2.62. The number of aliphatic hydroxyl groups is 1. The second kappa shape index (κ2) is 13.0. The zero-order chi connectivity index (χ0) is 29.2. The van der Waals surface area contributed by atoms with Crippen molar-refractivity contribution >= 4 is 11.9 Å². The highest BCUT2D eigenvalue weighted by atomic mass is 16.5. The molecule has 230 valence electrons. The molecule has 4 saturated carbocycles. The van der Waals surface area contributed by atoms with Crippen LogP contribution in [0.1, 0.15) is 105 Å². The first-order valence-electron chi connectivity index (χ1n) is 16.4. The van der Waals surface area contributed by atoms with E-state index in [1.54, 1.807) is 0 Å². The van der Waals surface area contributed by atoms with E-state index in [4.69, 9.17) is 10.5 Å². The van der Waals surface area contributed by atoms with E-state index >= 15 is 0 Å². The van der Waals surface area contributed by atoms with Crippen LogP contribution in [0.15, 0.2) is 0 Å². The quantitative estimate of drug-likeness (QED) is 0.216. The van der Waals surface area contributed by atoms with Gasteiger partial charge in [-0.1, -0.05) is 34.6 Å². The minimum atomic E-state index is -0.591. The Balaban J connectivity index is 1.38. The Morgan fingerprint density at radius 1 is 1.02 bits per heavy atom. The van der Waals surface area contributed by atoms with E-state index in [-0.39, 0.29) is 29.3 Å². The van der Waals surface area contributed by atoms with Gasteiger partial charge in [-0.05, 0) is 130 Å². The summed E-state index contributed by atoms with van der Waals surface area (Å²) in [6, 6.07) is -0.0224. The van der Waals surface area contributed by atoms with Crippen molar-refractivity contribution in [2.24, 2.45) is 58.0 Å². The summed E-state index contributed by atoms with van der Waals surface area (Å²) in [5.74, 6) is 2.78. The van der Waals surface area contributed by atoms with Crippen LogP contribution >= 0.6 is 0 Å². The molecule has 0 heterocycles. The molecule has 7 heteroatoms. The van der Waals surface area contributed by atoms with Gasteiger partial charge in [0, 0.05) is 12.5 Å². The van der Waals surface area contributed by atoms with Crippen molar-refractivity contribution in [1.82, 2.24) is 10.6 Å². The Hall–Kier alpha value is -1.18. The number of fused-ring (bicyclic) bond motifs is 5. The predicted octanol–water partition coefficient (Wildman–Crippen LogP) is 4.65. The SMILES string of the molecule is COC(=O)[C@@H](NC(=O)CC[C@@H](C)[C@H]1CC[C@H]2[C@@H]3[C@H](O)C[C@@H]4C[C@@H](NCCCN)CC[C@]4(C)[C@H]3CC[C@]12C)C(C)C. The molecule has 0 aliphatic heterocycles. The fourth-order valence-electron chi connectivity index (χ4n) is 10.2. The lowest BCUT2D eigenvalue weighted by atomic mass is 9.43. The van der Waals surface area contributed by atoms with E-state index in [0.29, 0.717) is 53.4 Å². The molecule has 0 bridgehead atoms. The standard InChI is InChI=1S/C33H59N3O4/c1-20(2)30(31(39)40-6)36-28(38)11-8-21(3)24-9-10-25-29-26(13-15-33(24,25)5)32(4)14-12-23(35-17-7-16-34)18-22(32)19-27(29)37/h20-27,29-30,35,37H,7-19,34H2,1-6H3,(H,36,38)/t21-,22+,23+,24-,25+,26+,27-,29+,30+,32+,33-/m1/s1. The number of aliphatic hydroxyl groups excluding tert-OH is 1. The van der Waals surface area contributed by atoms with E-state index in [1.807, 2.05) is 13.8 Å². The van der Waals surface area contributed by atoms with Gasteiger partial charge in [0.05, 0.1) is 13.2 Å². The van der Waals surface area contributed by atoms with Gasteiger partial charge in [-0.2, -0.15) is 0 Å². The molecule has 5 N–H and O–H groups in total. The fraction of sp³-hybridized carbons (Fsp3) is 0.939. The maximum atomic E-state index is 12.8. The Labute approximate surface area is 243 Å². The van der Waals surface area contributed by atoms with Crippen LogP contribution in [0.5, 0.6) is 0 Å². The predicted molar refractivity (Wildman–Crippen MR) is 159 cm³/mol. The van der Waals surface area contributed by atoms with Crippen LogP contribution in [-0.4, -0.2) is 55.4 Å². The number of esters is 1. The van der Waals surface area contributed by atoms with Crippen molar-refractivity contribution in [2.45, 2.75) is 123 Å². The minimum Gasteiger partial charge on any atom is -0.467 e. The first-order chi connectivity index (χ1) is 19.0. The van der Waals surface area contributed by atoms with Crippen molar-refractivity contribution in [2.75, 3.05) is 20.2 Å². The highest BCUT2D eigenvalue weighted by molar-refractivity contribution is 5.84. The van der Waals surface area contributed by atoms with Gasteiger partial charge >= 0.3 is 5.97 Å². The molecular weight excluding hydrogens is 502 g/mol. The van der Waals surface area contributed by atoms with Crippen LogP contribution in [-0.2, 0) is 14.3 Å². The number of methoxy groups -OCH3 is 1. The number of rotatable bonds is 11. The second-order valence-corrected chi connectivity index (χ2v) is 14.9. The summed E-state index contributed by atoms with van der Waals surface area (Å²) >= 11 is 0. The van der Waals surface area contributed by atoms with Gasteiger partial charge in [-0.25, -0.2) is 4.79 Å². The smallest absolute Gasteiger partial charge is 0.328 e. The number of carbonyl (C=O) groups is 2. The molecule has 4 aliphatic carbocycles. The normalized spacial score (nSPS) is 40.5. The molecule has 0 spiro atoms. The maximum absolute atomic E-state index is 12.8. The van der Waals surface area contributed by atoms with Crippen LogP contribution in [0, 0.1) is 52.3 Å². The molecule has 0 saturated heterocycles. The molecule has 4 aliphatic rings. The van der Waals surface area contributed by atoms with Crippen LogP contribution in [0.3, 0.4) is 0 Å². The molecule has 0 aromatic rings. The Morgan fingerprint density at radius 3 is 2.40 bits per heavy atom. The van der Waals surface area contributed by atoms with Gasteiger partial charge in [-0.3, -0.25) is 4.79 Å². The molecule has 11 atom stereocenters. The van der Waals surface area contributed by atoms with Crippen molar-refractivity contribution in [1.29, 1.82) is 0 Å². The average molecular weight is 562 g/mol. The summed E-state index contributed by atoms with van der Waals surface area (Å²) < 4.78 is 4.89. The molecule has 0 aromatic heterocycles. The monoisotopic (exact) mass is 561 g/mol. The fourth-order valence-corrected chi connectivity index (χ4v) is 10.2. The summed E-state index contributed by atoms with van der Waals surface area (Å²) in [5.41, 5.74) is 6.28. The number of amides is 1. The lowest BCUT2D eigenvalue weighted by Crippen LogP contribution is -2.59. The molecule has 4 fully saturated rings. The highest BCUT2D eigenvalue weighted by Crippen LogP contribution is 2.68. The lowest BCUT2D eigenvalue weighted by Gasteiger charge is -2.62. The van der Waals surface area contributed by atoms with Crippen molar-refractivity contribution < 1.29 is 19.4 Å². The third kappa shape index (κ3) is 6.13. The van der Waals surface area contributed by atoms with Crippen molar-refractivity contribution in [3.8, 4) is 0 Å². The van der Waals surface area contributed by atoms with Crippen LogP contribution in [0.2, 0.25) is 0 Å². The van der Waals surface area contributed by atoms with Gasteiger partial charge in [0.15, 0.2) is 0 Å². The number of carbonyl (C=O) groups excluding carboxylic acids is 2. The Morgan fingerprint density at radius 2 is 1.73 bits per heavy atom. The van der Waals surface area contributed by atoms with Crippen LogP contribution in [0.4, 0.5) is 0 Å². The molecule has 0 unspecified atom stereocenters. The zero-order valence-corrected chi connectivity index (χ0v) is 26.2. The van der Waals surface area contributed by atoms with E-state index in [0.717, 1.165) is 32.4 Å². The molecule has 0 aromatic carbocycles. The summed E-state index contributed by atoms with van der Waals surface area (Å²) in [6.45, 7) is 13.0. The lowest BCUT2D eigenvalue weighted by molar-refractivity contribution is -0.167. The summed E-state index contributed by atoms with van der Waals surface area (Å²) in [5, 5.41) is 18.4. The van der Waals surface area contributed by atoms with E-state index in [2.05, 4.69) is 31.4 Å². The molecule has 4 rings (SSSR count). The number of hydrogen-bond donors (Lipinski definition) is 4. The molecule has 0 radical (unpaired) electrons. The van der Waals surface area contributed by atoms with Gasteiger partial charge in [-0.15, -0.1) is 0 Å². The molecule has 1 amide bonds. The number of nitrogens with two attached hydrogens (primary N) is 1. The van der Waals surface area contributed by atoms with Gasteiger partial charge in [0.25, 0.3) is 0 Å². The third-order valence-corrected chi connectivity index (χ3v) is 12.5. The minimum absolute atomic E-state index is 0.00985.